The van der Waals surface area contributed by atoms with Crippen molar-refractivity contribution >= 4 is 17.6 Å². The van der Waals surface area contributed by atoms with Gasteiger partial charge in [0, 0.05) is 12.5 Å². The van der Waals surface area contributed by atoms with Gasteiger partial charge in [-0.2, -0.15) is 0 Å². The molecule has 0 aliphatic heterocycles. The lowest BCUT2D eigenvalue weighted by atomic mass is 10.1. The fourth-order valence-corrected chi connectivity index (χ4v) is 1.39. The van der Waals surface area contributed by atoms with E-state index in [0.29, 0.717) is 12.0 Å². The van der Waals surface area contributed by atoms with Crippen molar-refractivity contribution < 1.29 is 19.0 Å². The number of hydrogen-bond donors (Lipinski definition) is 0. The van der Waals surface area contributed by atoms with Gasteiger partial charge in [0.15, 0.2) is 5.75 Å². The first-order valence-electron chi connectivity index (χ1n) is 4.38. The first kappa shape index (κ1) is 11.8. The fraction of sp³-hybridized carbons (Fsp3) is 0.300. The van der Waals surface area contributed by atoms with Crippen LogP contribution in [0.15, 0.2) is 12.1 Å². The van der Waals surface area contributed by atoms with Crippen LogP contribution in [0.2, 0.25) is 5.02 Å². The highest BCUT2D eigenvalue weighted by atomic mass is 35.5. The largest absolute Gasteiger partial charge is 0.352 e. The van der Waals surface area contributed by atoms with E-state index in [1.807, 2.05) is 0 Å². The van der Waals surface area contributed by atoms with Gasteiger partial charge in [0.25, 0.3) is 0 Å². The van der Waals surface area contributed by atoms with Crippen molar-refractivity contribution in [3.8, 4) is 5.75 Å². The van der Waals surface area contributed by atoms with E-state index < -0.39 is 11.8 Å². The van der Waals surface area contributed by atoms with Gasteiger partial charge < -0.3 is 0 Å². The minimum Gasteiger partial charge on any atom is -0.285 e. The highest BCUT2D eigenvalue weighted by molar-refractivity contribution is 6.32. The Morgan fingerprint density at radius 2 is 2.20 bits per heavy atom. The van der Waals surface area contributed by atoms with E-state index in [0.717, 1.165) is 0 Å². The number of rotatable bonds is 3. The van der Waals surface area contributed by atoms with Crippen molar-refractivity contribution in [2.45, 2.75) is 20.3 Å². The lowest BCUT2D eigenvalue weighted by Gasteiger charge is -2.08. The molecule has 1 aromatic rings. The van der Waals surface area contributed by atoms with E-state index >= 15 is 0 Å². The second-order valence-corrected chi connectivity index (χ2v) is 3.23. The second kappa shape index (κ2) is 4.98. The first-order chi connectivity index (χ1) is 7.06. The molecule has 5 heteroatoms. The van der Waals surface area contributed by atoms with Gasteiger partial charge in [-0.1, -0.05) is 18.5 Å². The van der Waals surface area contributed by atoms with Crippen molar-refractivity contribution in [3.63, 3.8) is 0 Å². The Labute approximate surface area is 91.7 Å². The molecule has 0 amide bonds. The molecule has 0 atom stereocenters. The van der Waals surface area contributed by atoms with Crippen LogP contribution in [-0.2, 0) is 16.1 Å². The third kappa shape index (κ3) is 2.83. The SMILES string of the molecule is CCc1c(F)ccc(OOC(C)=O)c1Cl. The Morgan fingerprint density at radius 3 is 2.73 bits per heavy atom. The highest BCUT2D eigenvalue weighted by Crippen LogP contribution is 2.30. The van der Waals surface area contributed by atoms with E-state index in [1.54, 1.807) is 6.92 Å². The summed E-state index contributed by atoms with van der Waals surface area (Å²) in [4.78, 5) is 19.4. The van der Waals surface area contributed by atoms with Crippen molar-refractivity contribution in [3.05, 3.63) is 28.5 Å². The zero-order chi connectivity index (χ0) is 11.4. The van der Waals surface area contributed by atoms with Crippen molar-refractivity contribution in [1.82, 2.24) is 0 Å². The molecule has 82 valence electrons. The summed E-state index contributed by atoms with van der Waals surface area (Å²) in [6.45, 7) is 2.96. The number of carbonyl (C=O) groups excluding carboxylic acids is 1. The third-order valence-electron chi connectivity index (χ3n) is 1.75. The molecular formula is C10H10ClFO3. The standard InChI is InChI=1S/C10H10ClFO3/c1-3-7-8(12)4-5-9(10(7)11)15-14-6(2)13/h4-5H,3H2,1-2H3. The summed E-state index contributed by atoms with van der Waals surface area (Å²) in [5.74, 6) is -0.878. The van der Waals surface area contributed by atoms with E-state index in [2.05, 4.69) is 9.78 Å². The summed E-state index contributed by atoms with van der Waals surface area (Å²) in [5, 5.41) is 0.124. The zero-order valence-electron chi connectivity index (χ0n) is 8.34. The summed E-state index contributed by atoms with van der Waals surface area (Å²) < 4.78 is 13.2. The molecule has 15 heavy (non-hydrogen) atoms. The lowest BCUT2D eigenvalue weighted by Crippen LogP contribution is -2.04. The summed E-state index contributed by atoms with van der Waals surface area (Å²) in [6, 6.07) is 2.52. The molecule has 0 unspecified atom stereocenters. The summed E-state index contributed by atoms with van der Waals surface area (Å²) in [7, 11) is 0. The molecule has 0 saturated heterocycles. The monoisotopic (exact) mass is 232 g/mol. The Morgan fingerprint density at radius 1 is 1.53 bits per heavy atom. The minimum absolute atomic E-state index is 0.124. The predicted octanol–water partition coefficient (Wildman–Crippen LogP) is 2.90. The zero-order valence-corrected chi connectivity index (χ0v) is 9.10. The Balaban J connectivity index is 2.94. The van der Waals surface area contributed by atoms with Gasteiger partial charge >= 0.3 is 5.97 Å². The van der Waals surface area contributed by atoms with Gasteiger partial charge in [-0.15, -0.1) is 0 Å². The normalized spacial score (nSPS) is 9.87. The van der Waals surface area contributed by atoms with Gasteiger partial charge in [-0.25, -0.2) is 9.18 Å². The van der Waals surface area contributed by atoms with Crippen LogP contribution in [-0.4, -0.2) is 5.97 Å². The summed E-state index contributed by atoms with van der Waals surface area (Å²) >= 11 is 5.84. The van der Waals surface area contributed by atoms with E-state index in [1.165, 1.54) is 19.1 Å². The van der Waals surface area contributed by atoms with Crippen molar-refractivity contribution in [1.29, 1.82) is 0 Å². The topological polar surface area (TPSA) is 35.5 Å². The average molecular weight is 233 g/mol. The second-order valence-electron chi connectivity index (χ2n) is 2.85. The van der Waals surface area contributed by atoms with Crippen molar-refractivity contribution in [2.75, 3.05) is 0 Å². The minimum atomic E-state index is -0.603. The molecule has 1 aromatic carbocycles. The molecule has 0 heterocycles. The highest BCUT2D eigenvalue weighted by Gasteiger charge is 2.12. The van der Waals surface area contributed by atoms with Crippen molar-refractivity contribution in [2.24, 2.45) is 0 Å². The van der Waals surface area contributed by atoms with Gasteiger partial charge in [0.2, 0.25) is 0 Å². The molecule has 0 spiro atoms. The Hall–Kier alpha value is -1.29. The van der Waals surface area contributed by atoms with Crippen LogP contribution in [0, 0.1) is 5.82 Å². The van der Waals surface area contributed by atoms with Gasteiger partial charge in [0.1, 0.15) is 5.82 Å². The quantitative estimate of drug-likeness (QED) is 0.594. The molecule has 0 saturated carbocycles. The number of hydrogen-bond acceptors (Lipinski definition) is 3. The summed E-state index contributed by atoms with van der Waals surface area (Å²) in [6.07, 6.45) is 0.432. The molecule has 0 radical (unpaired) electrons. The van der Waals surface area contributed by atoms with Crippen LogP contribution in [0.3, 0.4) is 0 Å². The molecule has 0 fully saturated rings. The molecular weight excluding hydrogens is 223 g/mol. The first-order valence-corrected chi connectivity index (χ1v) is 4.76. The number of halogens is 2. The van der Waals surface area contributed by atoms with E-state index in [9.17, 15) is 9.18 Å². The van der Waals surface area contributed by atoms with Crippen LogP contribution in [0.5, 0.6) is 5.75 Å². The molecule has 0 N–H and O–H groups in total. The average Bonchev–Trinajstić information content (AvgIpc) is 2.17. The molecule has 1 rings (SSSR count). The van der Waals surface area contributed by atoms with Gasteiger partial charge in [0.05, 0.1) is 5.02 Å². The maximum absolute atomic E-state index is 13.2. The third-order valence-corrected chi connectivity index (χ3v) is 2.17. The van der Waals surface area contributed by atoms with E-state index in [4.69, 9.17) is 11.6 Å². The maximum Gasteiger partial charge on any atom is 0.352 e. The van der Waals surface area contributed by atoms with Crippen LogP contribution < -0.4 is 4.89 Å². The molecule has 0 bridgehead atoms. The predicted molar refractivity (Wildman–Crippen MR) is 53.2 cm³/mol. The number of carbonyl (C=O) groups is 1. The van der Waals surface area contributed by atoms with Crippen LogP contribution in [0.4, 0.5) is 4.39 Å². The fourth-order valence-electron chi connectivity index (χ4n) is 1.07. The smallest absolute Gasteiger partial charge is 0.285 e. The lowest BCUT2D eigenvalue weighted by molar-refractivity contribution is -0.210. The Bertz CT molecular complexity index is 379. The summed E-state index contributed by atoms with van der Waals surface area (Å²) in [5.41, 5.74) is 0.335. The molecule has 0 aliphatic carbocycles. The van der Waals surface area contributed by atoms with Gasteiger partial charge in [-0.3, -0.25) is 9.78 Å². The Kier molecular flexibility index (Phi) is 3.91. The number of benzene rings is 1. The van der Waals surface area contributed by atoms with Crippen LogP contribution >= 0.6 is 11.6 Å². The molecule has 3 nitrogen and oxygen atoms in total. The van der Waals surface area contributed by atoms with Crippen LogP contribution in [0.1, 0.15) is 19.4 Å². The maximum atomic E-state index is 13.2. The molecule has 0 aromatic heterocycles. The van der Waals surface area contributed by atoms with Gasteiger partial charge in [-0.05, 0) is 18.6 Å². The molecule has 0 aliphatic rings. The van der Waals surface area contributed by atoms with Crippen LogP contribution in [0.25, 0.3) is 0 Å². The van der Waals surface area contributed by atoms with E-state index in [-0.39, 0.29) is 10.8 Å².